The van der Waals surface area contributed by atoms with E-state index in [4.69, 9.17) is 4.42 Å². The van der Waals surface area contributed by atoms with Gasteiger partial charge in [0.15, 0.2) is 17.8 Å². The maximum Gasteiger partial charge on any atom is 0.185 e. The van der Waals surface area contributed by atoms with Gasteiger partial charge in [0.2, 0.25) is 0 Å². The molecular formula is C10H10O3. The molecule has 1 aromatic heterocycles. The number of aryl methyl sites for hydroxylation is 1. The van der Waals surface area contributed by atoms with Gasteiger partial charge < -0.3 is 4.42 Å². The van der Waals surface area contributed by atoms with E-state index in [0.29, 0.717) is 35.4 Å². The minimum Gasteiger partial charge on any atom is -0.457 e. The third kappa shape index (κ3) is 1.11. The van der Waals surface area contributed by atoms with Gasteiger partial charge in [-0.05, 0) is 13.3 Å². The highest BCUT2D eigenvalue weighted by Gasteiger charge is 2.25. The summed E-state index contributed by atoms with van der Waals surface area (Å²) >= 11 is 0. The number of carbonyl (C=O) groups excluding carboxylic acids is 2. The fourth-order valence-corrected chi connectivity index (χ4v) is 1.78. The third-order valence-electron chi connectivity index (χ3n) is 2.45. The molecule has 1 aliphatic carbocycles. The van der Waals surface area contributed by atoms with Crippen LogP contribution >= 0.6 is 0 Å². The van der Waals surface area contributed by atoms with Crippen LogP contribution in [0.15, 0.2) is 4.42 Å². The molecule has 1 heterocycles. The first-order valence-corrected chi connectivity index (χ1v) is 4.34. The lowest BCUT2D eigenvalue weighted by atomic mass is 9.94. The summed E-state index contributed by atoms with van der Waals surface area (Å²) in [6.45, 7) is 1.76. The van der Waals surface area contributed by atoms with Crippen LogP contribution in [-0.4, -0.2) is 12.1 Å². The average Bonchev–Trinajstić information content (AvgIpc) is 2.44. The summed E-state index contributed by atoms with van der Waals surface area (Å²) in [6.07, 6.45) is 2.85. The van der Waals surface area contributed by atoms with Crippen LogP contribution in [0.4, 0.5) is 0 Å². The van der Waals surface area contributed by atoms with Crippen molar-refractivity contribution in [3.8, 4) is 0 Å². The molecular weight excluding hydrogens is 168 g/mol. The second kappa shape index (κ2) is 2.83. The van der Waals surface area contributed by atoms with Crippen molar-refractivity contribution in [3.63, 3.8) is 0 Å². The van der Waals surface area contributed by atoms with Crippen LogP contribution in [0.5, 0.6) is 0 Å². The number of carbonyl (C=O) groups is 2. The molecule has 3 nitrogen and oxygen atoms in total. The summed E-state index contributed by atoms with van der Waals surface area (Å²) in [4.78, 5) is 22.0. The average molecular weight is 178 g/mol. The van der Waals surface area contributed by atoms with E-state index in [1.165, 1.54) is 0 Å². The van der Waals surface area contributed by atoms with Gasteiger partial charge in [0.1, 0.15) is 5.76 Å². The van der Waals surface area contributed by atoms with Crippen molar-refractivity contribution in [2.75, 3.05) is 0 Å². The van der Waals surface area contributed by atoms with Crippen LogP contribution in [0.2, 0.25) is 0 Å². The Morgan fingerprint density at radius 3 is 2.77 bits per heavy atom. The van der Waals surface area contributed by atoms with E-state index in [0.717, 1.165) is 12.8 Å². The Labute approximate surface area is 75.7 Å². The zero-order valence-corrected chi connectivity index (χ0v) is 7.42. The van der Waals surface area contributed by atoms with Gasteiger partial charge in [-0.25, -0.2) is 0 Å². The van der Waals surface area contributed by atoms with Crippen LogP contribution < -0.4 is 0 Å². The highest BCUT2D eigenvalue weighted by Crippen LogP contribution is 2.28. The van der Waals surface area contributed by atoms with Gasteiger partial charge in [0, 0.05) is 18.4 Å². The normalized spacial score (nSPS) is 15.6. The molecule has 0 saturated carbocycles. The van der Waals surface area contributed by atoms with Crippen molar-refractivity contribution >= 4 is 12.1 Å². The lowest BCUT2D eigenvalue weighted by molar-refractivity contribution is 0.0967. The summed E-state index contributed by atoms with van der Waals surface area (Å²) in [6, 6.07) is 0. The number of fused-ring (bicyclic) bond motifs is 1. The number of hydrogen-bond donors (Lipinski definition) is 0. The van der Waals surface area contributed by atoms with E-state index in [1.807, 2.05) is 0 Å². The highest BCUT2D eigenvalue weighted by molar-refractivity contribution is 6.00. The molecule has 0 bridgehead atoms. The Bertz CT molecular complexity index is 374. The van der Waals surface area contributed by atoms with Crippen molar-refractivity contribution in [3.05, 3.63) is 22.6 Å². The Balaban J connectivity index is 2.61. The van der Waals surface area contributed by atoms with Gasteiger partial charge >= 0.3 is 0 Å². The zero-order chi connectivity index (χ0) is 9.42. The monoisotopic (exact) mass is 178 g/mol. The molecule has 1 aromatic rings. The molecule has 1 aliphatic rings. The van der Waals surface area contributed by atoms with Crippen LogP contribution in [0, 0.1) is 6.92 Å². The Hall–Kier alpha value is -1.38. The zero-order valence-electron chi connectivity index (χ0n) is 7.42. The Kier molecular flexibility index (Phi) is 1.79. The second-order valence-electron chi connectivity index (χ2n) is 3.28. The van der Waals surface area contributed by atoms with Crippen molar-refractivity contribution in [1.82, 2.24) is 0 Å². The molecule has 0 fully saturated rings. The summed E-state index contributed by atoms with van der Waals surface area (Å²) < 4.78 is 5.27. The van der Waals surface area contributed by atoms with E-state index < -0.39 is 0 Å². The minimum atomic E-state index is 0.107. The van der Waals surface area contributed by atoms with E-state index in [1.54, 1.807) is 6.92 Å². The third-order valence-corrected chi connectivity index (χ3v) is 2.45. The standard InChI is InChI=1S/C10H10O3/c1-6-9(5-11)13-8-4-2-3-7(12)10(6)8/h5H,2-4H2,1H3. The van der Waals surface area contributed by atoms with Gasteiger partial charge in [-0.2, -0.15) is 0 Å². The number of hydrogen-bond acceptors (Lipinski definition) is 3. The molecule has 0 atom stereocenters. The molecule has 0 saturated heterocycles. The molecule has 0 aliphatic heterocycles. The minimum absolute atomic E-state index is 0.107. The summed E-state index contributed by atoms with van der Waals surface area (Å²) in [5, 5.41) is 0. The van der Waals surface area contributed by atoms with Crippen molar-refractivity contribution < 1.29 is 14.0 Å². The van der Waals surface area contributed by atoms with E-state index in [2.05, 4.69) is 0 Å². The quantitative estimate of drug-likeness (QED) is 0.617. The fourth-order valence-electron chi connectivity index (χ4n) is 1.78. The van der Waals surface area contributed by atoms with Gasteiger partial charge in [-0.15, -0.1) is 0 Å². The molecule has 13 heavy (non-hydrogen) atoms. The maximum atomic E-state index is 11.5. The van der Waals surface area contributed by atoms with E-state index >= 15 is 0 Å². The van der Waals surface area contributed by atoms with Gasteiger partial charge in [0.25, 0.3) is 0 Å². The lowest BCUT2D eigenvalue weighted by Gasteiger charge is -2.07. The largest absolute Gasteiger partial charge is 0.457 e. The molecule has 0 amide bonds. The Morgan fingerprint density at radius 2 is 2.15 bits per heavy atom. The molecule has 68 valence electrons. The number of furan rings is 1. The SMILES string of the molecule is Cc1c(C=O)oc2c1C(=O)CCC2. The molecule has 0 unspecified atom stereocenters. The molecule has 0 aromatic carbocycles. The van der Waals surface area contributed by atoms with E-state index in [9.17, 15) is 9.59 Å². The highest BCUT2D eigenvalue weighted by atomic mass is 16.3. The van der Waals surface area contributed by atoms with E-state index in [-0.39, 0.29) is 5.78 Å². The summed E-state index contributed by atoms with van der Waals surface area (Å²) in [5.74, 6) is 1.10. The predicted molar refractivity (Wildman–Crippen MR) is 46.1 cm³/mol. The molecule has 0 spiro atoms. The van der Waals surface area contributed by atoms with Crippen LogP contribution in [0.25, 0.3) is 0 Å². The van der Waals surface area contributed by atoms with Gasteiger partial charge in [-0.1, -0.05) is 0 Å². The smallest absolute Gasteiger partial charge is 0.185 e. The molecule has 3 heteroatoms. The first kappa shape index (κ1) is 8.23. The number of rotatable bonds is 1. The van der Waals surface area contributed by atoms with Gasteiger partial charge in [-0.3, -0.25) is 9.59 Å². The fraction of sp³-hybridized carbons (Fsp3) is 0.400. The molecule has 0 radical (unpaired) electrons. The lowest BCUT2D eigenvalue weighted by Crippen LogP contribution is -2.09. The number of aldehydes is 1. The summed E-state index contributed by atoms with van der Waals surface area (Å²) in [5.41, 5.74) is 1.35. The van der Waals surface area contributed by atoms with Crippen molar-refractivity contribution in [2.45, 2.75) is 26.2 Å². The topological polar surface area (TPSA) is 47.3 Å². The summed E-state index contributed by atoms with van der Waals surface area (Å²) in [7, 11) is 0. The predicted octanol–water partition coefficient (Wildman–Crippen LogP) is 1.92. The molecule has 0 N–H and O–H groups in total. The maximum absolute atomic E-state index is 11.5. The molecule has 2 rings (SSSR count). The Morgan fingerprint density at radius 1 is 1.38 bits per heavy atom. The van der Waals surface area contributed by atoms with Crippen molar-refractivity contribution in [2.24, 2.45) is 0 Å². The van der Waals surface area contributed by atoms with Crippen LogP contribution in [0.3, 0.4) is 0 Å². The van der Waals surface area contributed by atoms with Crippen molar-refractivity contribution in [1.29, 1.82) is 0 Å². The second-order valence-corrected chi connectivity index (χ2v) is 3.28. The van der Waals surface area contributed by atoms with Crippen LogP contribution in [-0.2, 0) is 6.42 Å². The first-order valence-electron chi connectivity index (χ1n) is 4.34. The van der Waals surface area contributed by atoms with Crippen LogP contribution in [0.1, 0.15) is 45.1 Å². The number of Topliss-reactive ketones (excluding diaryl/α,β-unsaturated/α-hetero) is 1. The first-order chi connectivity index (χ1) is 6.24. The number of ketones is 1. The van der Waals surface area contributed by atoms with Gasteiger partial charge in [0.05, 0.1) is 5.56 Å².